The number of hydrazine groups is 1. The number of rotatable bonds is 5. The van der Waals surface area contributed by atoms with Gasteiger partial charge in [-0.3, -0.25) is 15.5 Å². The number of nitrogens with one attached hydrogen (secondary N) is 1. The number of hydrogen-bond donors (Lipinski definition) is 2. The van der Waals surface area contributed by atoms with Crippen LogP contribution in [0.15, 0.2) is 30.9 Å². The summed E-state index contributed by atoms with van der Waals surface area (Å²) in [5.41, 5.74) is 6.16. The molecule has 0 saturated heterocycles. The van der Waals surface area contributed by atoms with E-state index in [0.717, 1.165) is 29.7 Å². The van der Waals surface area contributed by atoms with Crippen LogP contribution in [0.4, 0.5) is 0 Å². The molecule has 0 spiro atoms. The van der Waals surface area contributed by atoms with Gasteiger partial charge in [-0.1, -0.05) is 6.92 Å². The van der Waals surface area contributed by atoms with Crippen molar-refractivity contribution in [2.45, 2.75) is 32.9 Å². The van der Waals surface area contributed by atoms with E-state index in [1.165, 1.54) is 0 Å². The van der Waals surface area contributed by atoms with Crippen LogP contribution in [-0.4, -0.2) is 14.8 Å². The van der Waals surface area contributed by atoms with Crippen LogP contribution in [0.3, 0.4) is 0 Å². The van der Waals surface area contributed by atoms with E-state index in [1.54, 1.807) is 6.20 Å². The van der Waals surface area contributed by atoms with E-state index >= 15 is 0 Å². The maximum Gasteiger partial charge on any atom is 0.0744 e. The van der Waals surface area contributed by atoms with Crippen LogP contribution >= 0.6 is 0 Å². The van der Waals surface area contributed by atoms with Gasteiger partial charge in [0.15, 0.2) is 0 Å². The van der Waals surface area contributed by atoms with Crippen LogP contribution in [0, 0.1) is 6.92 Å². The van der Waals surface area contributed by atoms with Gasteiger partial charge in [0.25, 0.3) is 0 Å². The number of pyridine rings is 1. The molecular formula is C13H19N5. The predicted molar refractivity (Wildman–Crippen MR) is 70.7 cm³/mol. The maximum absolute atomic E-state index is 5.68. The van der Waals surface area contributed by atoms with Gasteiger partial charge in [0.05, 0.1) is 12.2 Å². The number of hydrogen-bond acceptors (Lipinski definition) is 4. The van der Waals surface area contributed by atoms with E-state index in [2.05, 4.69) is 22.4 Å². The van der Waals surface area contributed by atoms with Crippen molar-refractivity contribution in [3.63, 3.8) is 0 Å². The molecule has 1 atom stereocenters. The molecular weight excluding hydrogens is 226 g/mol. The number of nitrogens with zero attached hydrogens (tertiary/aromatic N) is 3. The monoisotopic (exact) mass is 245 g/mol. The van der Waals surface area contributed by atoms with Gasteiger partial charge >= 0.3 is 0 Å². The zero-order valence-corrected chi connectivity index (χ0v) is 10.8. The minimum atomic E-state index is -0.0430. The number of nitrogens with two attached hydrogens (primary N) is 1. The predicted octanol–water partition coefficient (Wildman–Crippen LogP) is 1.55. The van der Waals surface area contributed by atoms with Crippen LogP contribution in [0.1, 0.15) is 36.1 Å². The molecule has 0 bridgehead atoms. The quantitative estimate of drug-likeness (QED) is 0.619. The second-order valence-corrected chi connectivity index (χ2v) is 4.37. The smallest absolute Gasteiger partial charge is 0.0744 e. The van der Waals surface area contributed by atoms with Gasteiger partial charge in [-0.15, -0.1) is 0 Å². The Balaban J connectivity index is 2.30. The van der Waals surface area contributed by atoms with Crippen molar-refractivity contribution >= 4 is 0 Å². The van der Waals surface area contributed by atoms with E-state index in [9.17, 15) is 0 Å². The first-order valence-corrected chi connectivity index (χ1v) is 6.15. The average Bonchev–Trinajstić information content (AvgIpc) is 2.82. The van der Waals surface area contributed by atoms with Crippen molar-refractivity contribution in [2.24, 2.45) is 5.84 Å². The summed E-state index contributed by atoms with van der Waals surface area (Å²) < 4.78 is 1.94. The molecule has 0 fully saturated rings. The van der Waals surface area contributed by atoms with Gasteiger partial charge in [0, 0.05) is 30.7 Å². The Kier molecular flexibility index (Phi) is 4.07. The van der Waals surface area contributed by atoms with E-state index in [1.807, 2.05) is 36.3 Å². The molecule has 0 aromatic carbocycles. The van der Waals surface area contributed by atoms with Gasteiger partial charge in [-0.05, 0) is 30.5 Å². The summed E-state index contributed by atoms with van der Waals surface area (Å²) in [7, 11) is 0. The van der Waals surface area contributed by atoms with Crippen molar-refractivity contribution < 1.29 is 0 Å². The molecule has 5 nitrogen and oxygen atoms in total. The topological polar surface area (TPSA) is 68.8 Å². The fraction of sp³-hybridized carbons (Fsp3) is 0.385. The standard InChI is InChI=1S/C13H19N5/c1-3-6-18-9-11(8-16-18)13(17-14)12-4-5-15-7-10(12)2/h4-5,7-9,13,17H,3,6,14H2,1-2H3. The molecule has 5 heteroatoms. The fourth-order valence-corrected chi connectivity index (χ4v) is 2.05. The third kappa shape index (κ3) is 2.57. The zero-order chi connectivity index (χ0) is 13.0. The molecule has 0 aliphatic heterocycles. The highest BCUT2D eigenvalue weighted by Gasteiger charge is 2.16. The Labute approximate surface area is 107 Å². The molecule has 2 heterocycles. The van der Waals surface area contributed by atoms with Crippen LogP contribution in [-0.2, 0) is 6.54 Å². The van der Waals surface area contributed by atoms with Crippen LogP contribution in [0.2, 0.25) is 0 Å². The molecule has 0 amide bonds. The van der Waals surface area contributed by atoms with E-state index in [-0.39, 0.29) is 6.04 Å². The molecule has 2 rings (SSSR count). The van der Waals surface area contributed by atoms with Crippen molar-refractivity contribution in [2.75, 3.05) is 0 Å². The number of aromatic nitrogens is 3. The van der Waals surface area contributed by atoms with E-state index in [4.69, 9.17) is 5.84 Å². The summed E-state index contributed by atoms with van der Waals surface area (Å²) in [5, 5.41) is 4.34. The lowest BCUT2D eigenvalue weighted by molar-refractivity contribution is 0.597. The third-order valence-electron chi connectivity index (χ3n) is 2.98. The molecule has 0 radical (unpaired) electrons. The molecule has 0 saturated carbocycles. The Morgan fingerprint density at radius 3 is 2.94 bits per heavy atom. The highest BCUT2D eigenvalue weighted by molar-refractivity contribution is 5.32. The van der Waals surface area contributed by atoms with Crippen LogP contribution in [0.5, 0.6) is 0 Å². The second kappa shape index (κ2) is 5.75. The van der Waals surface area contributed by atoms with Crippen LogP contribution in [0.25, 0.3) is 0 Å². The SMILES string of the molecule is CCCn1cc(C(NN)c2ccncc2C)cn1. The van der Waals surface area contributed by atoms with Crippen molar-refractivity contribution in [1.29, 1.82) is 0 Å². The van der Waals surface area contributed by atoms with Gasteiger partial charge in [0.1, 0.15) is 0 Å². The third-order valence-corrected chi connectivity index (χ3v) is 2.98. The van der Waals surface area contributed by atoms with E-state index < -0.39 is 0 Å². The fourth-order valence-electron chi connectivity index (χ4n) is 2.05. The van der Waals surface area contributed by atoms with Crippen LogP contribution < -0.4 is 11.3 Å². The Morgan fingerprint density at radius 1 is 1.44 bits per heavy atom. The molecule has 18 heavy (non-hydrogen) atoms. The van der Waals surface area contributed by atoms with Crippen molar-refractivity contribution in [1.82, 2.24) is 20.2 Å². The first kappa shape index (κ1) is 12.7. The summed E-state index contributed by atoms with van der Waals surface area (Å²) in [5.74, 6) is 5.68. The highest BCUT2D eigenvalue weighted by Crippen LogP contribution is 2.23. The average molecular weight is 245 g/mol. The summed E-state index contributed by atoms with van der Waals surface area (Å²) >= 11 is 0. The van der Waals surface area contributed by atoms with Gasteiger partial charge in [0.2, 0.25) is 0 Å². The second-order valence-electron chi connectivity index (χ2n) is 4.37. The zero-order valence-electron chi connectivity index (χ0n) is 10.8. The molecule has 0 aliphatic carbocycles. The molecule has 2 aromatic rings. The molecule has 0 aliphatic rings. The van der Waals surface area contributed by atoms with Crippen molar-refractivity contribution in [3.8, 4) is 0 Å². The minimum Gasteiger partial charge on any atom is -0.272 e. The first-order chi connectivity index (χ1) is 8.76. The van der Waals surface area contributed by atoms with E-state index in [0.29, 0.717) is 0 Å². The summed E-state index contributed by atoms with van der Waals surface area (Å²) in [6, 6.07) is 1.94. The van der Waals surface area contributed by atoms with Gasteiger partial charge in [-0.25, -0.2) is 5.43 Å². The Hall–Kier alpha value is -1.72. The lowest BCUT2D eigenvalue weighted by atomic mass is 9.99. The van der Waals surface area contributed by atoms with Crippen molar-refractivity contribution in [3.05, 3.63) is 47.5 Å². The minimum absolute atomic E-state index is 0.0430. The van der Waals surface area contributed by atoms with Gasteiger partial charge in [-0.2, -0.15) is 5.10 Å². The molecule has 3 N–H and O–H groups in total. The first-order valence-electron chi connectivity index (χ1n) is 6.15. The largest absolute Gasteiger partial charge is 0.272 e. The summed E-state index contributed by atoms with van der Waals surface area (Å²) in [6.45, 7) is 5.09. The van der Waals surface area contributed by atoms with Gasteiger partial charge < -0.3 is 0 Å². The maximum atomic E-state index is 5.68. The Morgan fingerprint density at radius 2 is 2.28 bits per heavy atom. The molecule has 96 valence electrons. The Bertz CT molecular complexity index is 506. The lowest BCUT2D eigenvalue weighted by Crippen LogP contribution is -2.29. The lowest BCUT2D eigenvalue weighted by Gasteiger charge is -2.16. The number of aryl methyl sites for hydroxylation is 2. The molecule has 1 unspecified atom stereocenters. The highest BCUT2D eigenvalue weighted by atomic mass is 15.3. The molecule has 2 aromatic heterocycles. The summed E-state index contributed by atoms with van der Waals surface area (Å²) in [6.07, 6.45) is 8.59. The summed E-state index contributed by atoms with van der Waals surface area (Å²) in [4.78, 5) is 4.10. The normalized spacial score (nSPS) is 12.6.